The van der Waals surface area contributed by atoms with Gasteiger partial charge in [-0.3, -0.25) is 0 Å². The van der Waals surface area contributed by atoms with Crippen LogP contribution in [0.1, 0.15) is 24.5 Å². The average Bonchev–Trinajstić information content (AvgIpc) is 2.36. The van der Waals surface area contributed by atoms with Crippen LogP contribution >= 0.6 is 0 Å². The molecule has 0 saturated carbocycles. The monoisotopic (exact) mass is 226 g/mol. The fourth-order valence-corrected chi connectivity index (χ4v) is 2.11. The van der Waals surface area contributed by atoms with Gasteiger partial charge < -0.3 is 5.11 Å². The van der Waals surface area contributed by atoms with E-state index in [0.717, 1.165) is 24.0 Å². The van der Waals surface area contributed by atoms with Crippen LogP contribution in [-0.2, 0) is 6.42 Å². The Morgan fingerprint density at radius 2 is 1.71 bits per heavy atom. The van der Waals surface area contributed by atoms with E-state index in [4.69, 9.17) is 0 Å². The van der Waals surface area contributed by atoms with E-state index in [1.165, 1.54) is 11.1 Å². The molecule has 88 valence electrons. The lowest BCUT2D eigenvalue weighted by molar-refractivity contribution is 0.463. The van der Waals surface area contributed by atoms with Gasteiger partial charge in [-0.2, -0.15) is 0 Å². The lowest BCUT2D eigenvalue weighted by atomic mass is 9.97. The van der Waals surface area contributed by atoms with E-state index in [0.29, 0.717) is 5.75 Å². The van der Waals surface area contributed by atoms with Gasteiger partial charge in [-0.1, -0.05) is 43.7 Å². The van der Waals surface area contributed by atoms with Crippen LogP contribution in [0.4, 0.5) is 0 Å². The molecular formula is C16H18O. The highest BCUT2D eigenvalue weighted by Crippen LogP contribution is 2.30. The summed E-state index contributed by atoms with van der Waals surface area (Å²) in [6.45, 7) is 4.09. The van der Waals surface area contributed by atoms with Crippen molar-refractivity contribution in [1.82, 2.24) is 0 Å². The molecule has 17 heavy (non-hydrogen) atoms. The highest BCUT2D eigenvalue weighted by atomic mass is 16.3. The molecule has 0 heterocycles. The maximum absolute atomic E-state index is 10.0. The summed E-state index contributed by atoms with van der Waals surface area (Å²) in [5, 5.41) is 10.0. The SMILES string of the molecule is CCCc1cc(-c2ccccc2)cc(C)c1O. The van der Waals surface area contributed by atoms with E-state index in [1.54, 1.807) is 0 Å². The van der Waals surface area contributed by atoms with Crippen molar-refractivity contribution >= 4 is 0 Å². The molecule has 0 unspecified atom stereocenters. The normalized spacial score (nSPS) is 10.5. The van der Waals surface area contributed by atoms with Crippen LogP contribution < -0.4 is 0 Å². The fourth-order valence-electron chi connectivity index (χ4n) is 2.11. The second-order valence-electron chi connectivity index (χ2n) is 4.42. The predicted octanol–water partition coefficient (Wildman–Crippen LogP) is 4.32. The third kappa shape index (κ3) is 2.50. The van der Waals surface area contributed by atoms with Crippen molar-refractivity contribution in [3.8, 4) is 16.9 Å². The number of aryl methyl sites for hydroxylation is 2. The van der Waals surface area contributed by atoms with Gasteiger partial charge in [0, 0.05) is 0 Å². The van der Waals surface area contributed by atoms with E-state index >= 15 is 0 Å². The number of aromatic hydroxyl groups is 1. The van der Waals surface area contributed by atoms with Crippen LogP contribution in [-0.4, -0.2) is 5.11 Å². The maximum atomic E-state index is 10.0. The maximum Gasteiger partial charge on any atom is 0.121 e. The summed E-state index contributed by atoms with van der Waals surface area (Å²) >= 11 is 0. The molecule has 0 fully saturated rings. The van der Waals surface area contributed by atoms with Gasteiger partial charge >= 0.3 is 0 Å². The summed E-state index contributed by atoms with van der Waals surface area (Å²) in [6, 6.07) is 14.4. The molecule has 0 aromatic heterocycles. The van der Waals surface area contributed by atoms with E-state index in [9.17, 15) is 5.11 Å². The van der Waals surface area contributed by atoms with Gasteiger partial charge in [-0.25, -0.2) is 0 Å². The van der Waals surface area contributed by atoms with Crippen LogP contribution in [0.3, 0.4) is 0 Å². The van der Waals surface area contributed by atoms with Crippen LogP contribution in [0, 0.1) is 6.92 Å². The number of phenols is 1. The zero-order valence-corrected chi connectivity index (χ0v) is 10.4. The zero-order chi connectivity index (χ0) is 12.3. The topological polar surface area (TPSA) is 20.2 Å². The highest BCUT2D eigenvalue weighted by molar-refractivity contribution is 5.67. The van der Waals surface area contributed by atoms with Crippen molar-refractivity contribution in [2.75, 3.05) is 0 Å². The molecule has 1 nitrogen and oxygen atoms in total. The van der Waals surface area contributed by atoms with Crippen LogP contribution in [0.25, 0.3) is 11.1 Å². The number of benzene rings is 2. The molecule has 1 N–H and O–H groups in total. The van der Waals surface area contributed by atoms with Crippen molar-refractivity contribution < 1.29 is 5.11 Å². The molecule has 0 spiro atoms. The molecule has 2 aromatic rings. The Morgan fingerprint density at radius 3 is 2.35 bits per heavy atom. The molecular weight excluding hydrogens is 208 g/mol. The predicted molar refractivity (Wildman–Crippen MR) is 72.3 cm³/mol. The van der Waals surface area contributed by atoms with E-state index in [-0.39, 0.29) is 0 Å². The first-order valence-corrected chi connectivity index (χ1v) is 6.10. The Bertz CT molecular complexity index is 500. The van der Waals surface area contributed by atoms with Crippen LogP contribution in [0.2, 0.25) is 0 Å². The highest BCUT2D eigenvalue weighted by Gasteiger charge is 2.07. The second kappa shape index (κ2) is 5.05. The minimum Gasteiger partial charge on any atom is -0.507 e. The minimum absolute atomic E-state index is 0.450. The van der Waals surface area contributed by atoms with Gasteiger partial charge in [-0.05, 0) is 47.7 Å². The van der Waals surface area contributed by atoms with Gasteiger partial charge in [0.1, 0.15) is 5.75 Å². The smallest absolute Gasteiger partial charge is 0.121 e. The minimum atomic E-state index is 0.450. The molecule has 0 amide bonds. The molecule has 1 heteroatoms. The Kier molecular flexibility index (Phi) is 3.48. The van der Waals surface area contributed by atoms with E-state index < -0.39 is 0 Å². The van der Waals surface area contributed by atoms with Gasteiger partial charge in [0.25, 0.3) is 0 Å². The molecule has 2 rings (SSSR count). The lowest BCUT2D eigenvalue weighted by Gasteiger charge is -2.10. The first-order valence-electron chi connectivity index (χ1n) is 6.10. The Balaban J connectivity index is 2.49. The van der Waals surface area contributed by atoms with E-state index in [2.05, 4.69) is 25.1 Å². The molecule has 0 aliphatic rings. The third-order valence-corrected chi connectivity index (χ3v) is 3.01. The van der Waals surface area contributed by atoms with Crippen molar-refractivity contribution in [3.05, 3.63) is 53.6 Å². The standard InChI is InChI=1S/C16H18O/c1-3-7-14-11-15(10-12(2)16(14)17)13-8-5-4-6-9-13/h4-6,8-11,17H,3,7H2,1-2H3. The first-order chi connectivity index (χ1) is 8.22. The molecule has 0 aliphatic carbocycles. The molecule has 0 saturated heterocycles. The summed E-state index contributed by atoms with van der Waals surface area (Å²) in [6.07, 6.45) is 1.97. The summed E-state index contributed by atoms with van der Waals surface area (Å²) in [5.41, 5.74) is 4.39. The van der Waals surface area contributed by atoms with E-state index in [1.807, 2.05) is 31.2 Å². The Labute approximate surface area is 103 Å². The second-order valence-corrected chi connectivity index (χ2v) is 4.42. The summed E-state index contributed by atoms with van der Waals surface area (Å²) in [7, 11) is 0. The lowest BCUT2D eigenvalue weighted by Crippen LogP contribution is -1.89. The van der Waals surface area contributed by atoms with Crippen LogP contribution in [0.5, 0.6) is 5.75 Å². The summed E-state index contributed by atoms with van der Waals surface area (Å²) < 4.78 is 0. The van der Waals surface area contributed by atoms with Gasteiger partial charge in [-0.15, -0.1) is 0 Å². The quantitative estimate of drug-likeness (QED) is 0.826. The Hall–Kier alpha value is -1.76. The van der Waals surface area contributed by atoms with Crippen molar-refractivity contribution in [2.24, 2.45) is 0 Å². The Morgan fingerprint density at radius 1 is 1.00 bits per heavy atom. The largest absolute Gasteiger partial charge is 0.507 e. The molecule has 0 bridgehead atoms. The van der Waals surface area contributed by atoms with Gasteiger partial charge in [0.15, 0.2) is 0 Å². The molecule has 0 radical (unpaired) electrons. The molecule has 0 atom stereocenters. The number of hydrogen-bond donors (Lipinski definition) is 1. The summed E-state index contributed by atoms with van der Waals surface area (Å²) in [4.78, 5) is 0. The number of rotatable bonds is 3. The fraction of sp³-hybridized carbons (Fsp3) is 0.250. The summed E-state index contributed by atoms with van der Waals surface area (Å²) in [5.74, 6) is 0.450. The molecule has 0 aliphatic heterocycles. The van der Waals surface area contributed by atoms with Crippen LogP contribution in [0.15, 0.2) is 42.5 Å². The number of phenolic OH excluding ortho intramolecular Hbond substituents is 1. The van der Waals surface area contributed by atoms with Crippen molar-refractivity contribution in [1.29, 1.82) is 0 Å². The first kappa shape index (κ1) is 11.7. The van der Waals surface area contributed by atoms with Crippen molar-refractivity contribution in [3.63, 3.8) is 0 Å². The molecule has 2 aromatic carbocycles. The zero-order valence-electron chi connectivity index (χ0n) is 10.4. The third-order valence-electron chi connectivity index (χ3n) is 3.01. The average molecular weight is 226 g/mol. The van der Waals surface area contributed by atoms with Crippen molar-refractivity contribution in [2.45, 2.75) is 26.7 Å². The van der Waals surface area contributed by atoms with Gasteiger partial charge in [0.05, 0.1) is 0 Å². The number of hydrogen-bond acceptors (Lipinski definition) is 1. The van der Waals surface area contributed by atoms with Gasteiger partial charge in [0.2, 0.25) is 0 Å².